The molecule has 0 spiro atoms. The molecule has 0 aliphatic carbocycles. The van der Waals surface area contributed by atoms with Gasteiger partial charge in [-0.1, -0.05) is 36.1 Å². The Hall–Kier alpha value is -2.40. The fraction of sp³-hybridized carbons (Fsp3) is 0.238. The highest BCUT2D eigenvalue weighted by Crippen LogP contribution is 2.38. The van der Waals surface area contributed by atoms with Gasteiger partial charge in [-0.25, -0.2) is 0 Å². The van der Waals surface area contributed by atoms with E-state index < -0.39 is 0 Å². The summed E-state index contributed by atoms with van der Waals surface area (Å²) in [5.41, 5.74) is 1.87. The Labute approximate surface area is 193 Å². The second-order valence-corrected chi connectivity index (χ2v) is 9.38. The van der Waals surface area contributed by atoms with Gasteiger partial charge in [0.15, 0.2) is 4.32 Å². The minimum Gasteiger partial charge on any atom is -0.378 e. The van der Waals surface area contributed by atoms with E-state index >= 15 is 0 Å². The third kappa shape index (κ3) is 4.62. The van der Waals surface area contributed by atoms with E-state index in [9.17, 15) is 14.9 Å². The number of rotatable bonds is 5. The van der Waals surface area contributed by atoms with Gasteiger partial charge in [-0.15, -0.1) is 11.8 Å². The normalized spacial score (nSPS) is 18.2. The van der Waals surface area contributed by atoms with Gasteiger partial charge in [0.05, 0.1) is 28.7 Å². The minimum atomic E-state index is -0.388. The highest BCUT2D eigenvalue weighted by atomic mass is 32.2. The standard InChI is InChI=1S/C21H19N3O4S3/c1-30-16-4-2-3-15(13-16)23-20(25)19(31-21(23)29)12-14-5-6-17(18(11-14)24(26)27)22-7-9-28-10-8-22/h2-6,11-13H,7-10H2,1H3/b19-12-. The second-order valence-electron chi connectivity index (χ2n) is 6.82. The van der Waals surface area contributed by atoms with Crippen molar-refractivity contribution in [2.24, 2.45) is 0 Å². The number of nitro groups is 1. The summed E-state index contributed by atoms with van der Waals surface area (Å²) in [4.78, 5) is 29.3. The lowest BCUT2D eigenvalue weighted by Gasteiger charge is -2.28. The van der Waals surface area contributed by atoms with Crippen molar-refractivity contribution < 1.29 is 14.5 Å². The summed E-state index contributed by atoms with van der Waals surface area (Å²) in [7, 11) is 0. The molecule has 2 aliphatic heterocycles. The van der Waals surface area contributed by atoms with Crippen molar-refractivity contribution >= 4 is 69.1 Å². The van der Waals surface area contributed by atoms with Crippen LogP contribution < -0.4 is 9.80 Å². The third-order valence-electron chi connectivity index (χ3n) is 4.95. The van der Waals surface area contributed by atoms with E-state index in [0.717, 1.165) is 4.90 Å². The van der Waals surface area contributed by atoms with Crippen molar-refractivity contribution in [1.82, 2.24) is 0 Å². The molecule has 0 N–H and O–H groups in total. The Bertz CT molecular complexity index is 1080. The molecule has 10 heteroatoms. The molecule has 4 rings (SSSR count). The van der Waals surface area contributed by atoms with Crippen LogP contribution in [0.2, 0.25) is 0 Å². The number of amides is 1. The lowest BCUT2D eigenvalue weighted by atomic mass is 10.1. The fourth-order valence-electron chi connectivity index (χ4n) is 3.44. The van der Waals surface area contributed by atoms with Crippen LogP contribution in [0.25, 0.3) is 6.08 Å². The number of nitro benzene ring substituents is 1. The molecular formula is C21H19N3O4S3. The Morgan fingerprint density at radius 2 is 2.00 bits per heavy atom. The lowest BCUT2D eigenvalue weighted by Crippen LogP contribution is -2.36. The molecule has 0 aromatic heterocycles. The van der Waals surface area contributed by atoms with Gasteiger partial charge in [0.25, 0.3) is 11.6 Å². The number of nitrogens with zero attached hydrogens (tertiary/aromatic N) is 3. The first-order valence-corrected chi connectivity index (χ1v) is 12.0. The first kappa shape index (κ1) is 21.8. The first-order valence-electron chi connectivity index (χ1n) is 9.51. The van der Waals surface area contributed by atoms with Crippen molar-refractivity contribution in [1.29, 1.82) is 0 Å². The van der Waals surface area contributed by atoms with Crippen LogP contribution in [0, 0.1) is 10.1 Å². The van der Waals surface area contributed by atoms with Crippen molar-refractivity contribution in [2.75, 3.05) is 42.4 Å². The summed E-state index contributed by atoms with van der Waals surface area (Å²) in [5, 5.41) is 11.7. The number of morpholine rings is 1. The van der Waals surface area contributed by atoms with Crippen LogP contribution in [-0.4, -0.2) is 47.7 Å². The molecule has 0 unspecified atom stereocenters. The molecule has 2 aromatic carbocycles. The molecular weight excluding hydrogens is 454 g/mol. The SMILES string of the molecule is CSc1cccc(N2C(=O)/C(=C/c3ccc(N4CCOCC4)c([N+](=O)[O-])c3)SC2=S)c1. The Morgan fingerprint density at radius 1 is 1.23 bits per heavy atom. The van der Waals surface area contributed by atoms with Gasteiger partial charge in [0.1, 0.15) is 5.69 Å². The first-order chi connectivity index (χ1) is 15.0. The summed E-state index contributed by atoms with van der Waals surface area (Å²) >= 11 is 8.22. The third-order valence-corrected chi connectivity index (χ3v) is 6.98. The summed E-state index contributed by atoms with van der Waals surface area (Å²) in [6.07, 6.45) is 3.63. The smallest absolute Gasteiger partial charge is 0.293 e. The monoisotopic (exact) mass is 473 g/mol. The fourth-order valence-corrected chi connectivity index (χ4v) is 5.19. The maximum absolute atomic E-state index is 13.0. The summed E-state index contributed by atoms with van der Waals surface area (Å²) in [6, 6.07) is 12.6. The number of benzene rings is 2. The molecule has 2 aromatic rings. The van der Waals surface area contributed by atoms with Gasteiger partial charge < -0.3 is 9.64 Å². The molecule has 2 saturated heterocycles. The van der Waals surface area contributed by atoms with Crippen LogP contribution in [-0.2, 0) is 9.53 Å². The number of hydrogen-bond donors (Lipinski definition) is 0. The molecule has 0 bridgehead atoms. The summed E-state index contributed by atoms with van der Waals surface area (Å²) < 4.78 is 5.78. The molecule has 31 heavy (non-hydrogen) atoms. The maximum atomic E-state index is 13.0. The molecule has 7 nitrogen and oxygen atoms in total. The molecule has 0 atom stereocenters. The van der Waals surface area contributed by atoms with E-state index in [1.807, 2.05) is 35.4 Å². The zero-order valence-electron chi connectivity index (χ0n) is 16.6. The van der Waals surface area contributed by atoms with Crippen LogP contribution in [0.5, 0.6) is 0 Å². The number of thioether (sulfide) groups is 2. The average molecular weight is 474 g/mol. The number of hydrogen-bond acceptors (Lipinski definition) is 8. The number of carbonyl (C=O) groups is 1. The Morgan fingerprint density at radius 3 is 2.71 bits per heavy atom. The van der Waals surface area contributed by atoms with E-state index in [-0.39, 0.29) is 16.5 Å². The predicted octanol–water partition coefficient (Wildman–Crippen LogP) is 4.56. The number of carbonyl (C=O) groups excluding carboxylic acids is 1. The molecule has 2 aliphatic rings. The van der Waals surface area contributed by atoms with E-state index in [0.29, 0.717) is 52.5 Å². The summed E-state index contributed by atoms with van der Waals surface area (Å²) in [5.74, 6) is -0.229. The number of anilines is 2. The molecule has 2 heterocycles. The highest BCUT2D eigenvalue weighted by Gasteiger charge is 2.33. The second kappa shape index (κ2) is 9.39. The van der Waals surface area contributed by atoms with Crippen LogP contribution >= 0.6 is 35.7 Å². The molecule has 0 radical (unpaired) electrons. The van der Waals surface area contributed by atoms with Crippen LogP contribution in [0.15, 0.2) is 52.3 Å². The van der Waals surface area contributed by atoms with E-state index in [2.05, 4.69) is 0 Å². The topological polar surface area (TPSA) is 75.9 Å². The lowest BCUT2D eigenvalue weighted by molar-refractivity contribution is -0.384. The van der Waals surface area contributed by atoms with Crippen LogP contribution in [0.4, 0.5) is 17.1 Å². The molecule has 2 fully saturated rings. The Kier molecular flexibility index (Phi) is 6.61. The number of ether oxygens (including phenoxy) is 1. The highest BCUT2D eigenvalue weighted by molar-refractivity contribution is 8.27. The minimum absolute atomic E-state index is 0.0128. The van der Waals surface area contributed by atoms with Crippen LogP contribution in [0.3, 0.4) is 0 Å². The van der Waals surface area contributed by atoms with Crippen molar-refractivity contribution in [3.63, 3.8) is 0 Å². The maximum Gasteiger partial charge on any atom is 0.293 e. The number of thiocarbonyl (C=S) groups is 1. The van der Waals surface area contributed by atoms with E-state index in [1.54, 1.807) is 30.0 Å². The van der Waals surface area contributed by atoms with Gasteiger partial charge >= 0.3 is 0 Å². The van der Waals surface area contributed by atoms with Gasteiger partial charge in [-0.05, 0) is 42.2 Å². The quantitative estimate of drug-likeness (QED) is 0.206. The molecule has 0 saturated carbocycles. The summed E-state index contributed by atoms with van der Waals surface area (Å²) in [6.45, 7) is 2.29. The zero-order chi connectivity index (χ0) is 22.0. The predicted molar refractivity (Wildman–Crippen MR) is 130 cm³/mol. The van der Waals surface area contributed by atoms with Crippen molar-refractivity contribution in [2.45, 2.75) is 4.90 Å². The average Bonchev–Trinajstić information content (AvgIpc) is 3.07. The van der Waals surface area contributed by atoms with Crippen LogP contribution in [0.1, 0.15) is 5.56 Å². The largest absolute Gasteiger partial charge is 0.378 e. The van der Waals surface area contributed by atoms with Crippen molar-refractivity contribution in [3.05, 3.63) is 63.0 Å². The van der Waals surface area contributed by atoms with E-state index in [1.165, 1.54) is 22.7 Å². The molecule has 1 amide bonds. The van der Waals surface area contributed by atoms with Gasteiger partial charge in [0, 0.05) is 24.1 Å². The Balaban J connectivity index is 1.63. The van der Waals surface area contributed by atoms with Crippen molar-refractivity contribution in [3.8, 4) is 0 Å². The van der Waals surface area contributed by atoms with Gasteiger partial charge in [-0.2, -0.15) is 0 Å². The zero-order valence-corrected chi connectivity index (χ0v) is 19.1. The molecule has 160 valence electrons. The van der Waals surface area contributed by atoms with E-state index in [4.69, 9.17) is 17.0 Å². The van der Waals surface area contributed by atoms with Gasteiger partial charge in [0.2, 0.25) is 0 Å². The van der Waals surface area contributed by atoms with Gasteiger partial charge in [-0.3, -0.25) is 19.8 Å².